The van der Waals surface area contributed by atoms with E-state index < -0.39 is 20.8 Å². The Bertz CT molecular complexity index is 455. The minimum absolute atomic E-state index is 0. The van der Waals surface area contributed by atoms with Crippen molar-refractivity contribution in [1.82, 2.24) is 0 Å². The molecule has 23 heavy (non-hydrogen) atoms. The van der Waals surface area contributed by atoms with E-state index in [1.54, 1.807) is 0 Å². The third-order valence-corrected chi connectivity index (χ3v) is 4.65. The molecule has 140 valence electrons. The van der Waals surface area contributed by atoms with Gasteiger partial charge < -0.3 is 5.48 Å². The van der Waals surface area contributed by atoms with E-state index in [1.165, 1.54) is 0 Å². The molecular formula is C12H26O9S2. The Hall–Kier alpha value is -0.300. The standard InChI is InChI=1S/2C6H12O4S.H2O/c2*7-11(8,9)10-6-4-2-1-3-5-6;/h2*6H,1-5H2,(H,7,8,9);1H2. The van der Waals surface area contributed by atoms with Crippen LogP contribution in [0.25, 0.3) is 0 Å². The van der Waals surface area contributed by atoms with Gasteiger partial charge in [0.05, 0.1) is 12.2 Å². The molecule has 0 aromatic rings. The maximum Gasteiger partial charge on any atom is 0.397 e. The van der Waals surface area contributed by atoms with Crippen molar-refractivity contribution in [2.45, 2.75) is 76.4 Å². The Kier molecular flexibility index (Phi) is 10.4. The first-order chi connectivity index (χ1) is 10.2. The molecule has 11 heteroatoms. The maximum atomic E-state index is 10.2. The van der Waals surface area contributed by atoms with E-state index in [-0.39, 0.29) is 17.7 Å². The summed E-state index contributed by atoms with van der Waals surface area (Å²) in [5, 5.41) is 0. The second kappa shape index (κ2) is 10.5. The average molecular weight is 378 g/mol. The summed E-state index contributed by atoms with van der Waals surface area (Å²) < 4.78 is 66.4. The largest absolute Gasteiger partial charge is 0.412 e. The zero-order chi connectivity index (χ0) is 16.6. The zero-order valence-corrected chi connectivity index (χ0v) is 14.5. The summed E-state index contributed by atoms with van der Waals surface area (Å²) in [6.07, 6.45) is 8.56. The molecule has 9 nitrogen and oxygen atoms in total. The highest BCUT2D eigenvalue weighted by atomic mass is 32.3. The fourth-order valence-corrected chi connectivity index (χ4v) is 3.74. The predicted octanol–water partition coefficient (Wildman–Crippen LogP) is 1.45. The van der Waals surface area contributed by atoms with E-state index in [2.05, 4.69) is 8.37 Å². The van der Waals surface area contributed by atoms with Crippen molar-refractivity contribution in [2.75, 3.05) is 0 Å². The molecule has 0 bridgehead atoms. The zero-order valence-electron chi connectivity index (χ0n) is 12.9. The van der Waals surface area contributed by atoms with E-state index in [0.717, 1.165) is 64.2 Å². The van der Waals surface area contributed by atoms with Gasteiger partial charge in [0, 0.05) is 0 Å². The van der Waals surface area contributed by atoms with E-state index in [4.69, 9.17) is 9.11 Å². The summed E-state index contributed by atoms with van der Waals surface area (Å²) in [4.78, 5) is 0. The van der Waals surface area contributed by atoms with Crippen molar-refractivity contribution in [2.24, 2.45) is 0 Å². The monoisotopic (exact) mass is 378 g/mol. The molecule has 0 aromatic carbocycles. The van der Waals surface area contributed by atoms with Crippen LogP contribution in [0.4, 0.5) is 0 Å². The lowest BCUT2D eigenvalue weighted by Gasteiger charge is -2.19. The van der Waals surface area contributed by atoms with Crippen LogP contribution in [0, 0.1) is 0 Å². The molecule has 0 unspecified atom stereocenters. The van der Waals surface area contributed by atoms with Crippen LogP contribution < -0.4 is 0 Å². The van der Waals surface area contributed by atoms with E-state index in [1.807, 2.05) is 0 Å². The summed E-state index contributed by atoms with van der Waals surface area (Å²) in [5.74, 6) is 0. The molecule has 2 rings (SSSR count). The summed E-state index contributed by atoms with van der Waals surface area (Å²) in [6, 6.07) is 0. The first-order valence-electron chi connectivity index (χ1n) is 7.47. The van der Waals surface area contributed by atoms with Crippen LogP contribution in [0.15, 0.2) is 0 Å². The molecule has 2 saturated carbocycles. The Labute approximate surface area is 137 Å². The number of rotatable bonds is 4. The van der Waals surface area contributed by atoms with Crippen LogP contribution in [0.5, 0.6) is 0 Å². The second-order valence-electron chi connectivity index (χ2n) is 5.57. The maximum absolute atomic E-state index is 10.2. The Morgan fingerprint density at radius 2 is 0.870 bits per heavy atom. The van der Waals surface area contributed by atoms with E-state index in [9.17, 15) is 16.8 Å². The van der Waals surface area contributed by atoms with Crippen molar-refractivity contribution in [3.8, 4) is 0 Å². The van der Waals surface area contributed by atoms with Gasteiger partial charge in [-0.3, -0.25) is 9.11 Å². The summed E-state index contributed by atoms with van der Waals surface area (Å²) in [6.45, 7) is 0. The molecule has 0 aliphatic heterocycles. The van der Waals surface area contributed by atoms with Crippen LogP contribution in [0.1, 0.15) is 64.2 Å². The number of hydrogen-bond donors (Lipinski definition) is 2. The van der Waals surface area contributed by atoms with Crippen molar-refractivity contribution >= 4 is 20.8 Å². The van der Waals surface area contributed by atoms with Gasteiger partial charge in [-0.2, -0.15) is 16.8 Å². The van der Waals surface area contributed by atoms with E-state index in [0.29, 0.717) is 0 Å². The van der Waals surface area contributed by atoms with Gasteiger partial charge in [0.2, 0.25) is 0 Å². The van der Waals surface area contributed by atoms with Gasteiger partial charge in [-0.1, -0.05) is 38.5 Å². The summed E-state index contributed by atoms with van der Waals surface area (Å²) in [5.41, 5.74) is 0. The molecule has 0 spiro atoms. The second-order valence-corrected chi connectivity index (χ2v) is 7.66. The minimum Gasteiger partial charge on any atom is -0.412 e. The van der Waals surface area contributed by atoms with Crippen LogP contribution >= 0.6 is 0 Å². The number of hydrogen-bond acceptors (Lipinski definition) is 6. The fourth-order valence-electron chi connectivity index (χ4n) is 2.67. The molecule has 0 saturated heterocycles. The molecule has 0 heterocycles. The smallest absolute Gasteiger partial charge is 0.397 e. The Morgan fingerprint density at radius 1 is 0.609 bits per heavy atom. The SMILES string of the molecule is O.O=S(=O)(O)OC1CCCCC1.O=S(=O)(O)OC1CCCCC1. The third-order valence-electron chi connectivity index (χ3n) is 3.62. The lowest BCUT2D eigenvalue weighted by Crippen LogP contribution is -2.20. The summed E-state index contributed by atoms with van der Waals surface area (Å²) >= 11 is 0. The molecule has 2 aliphatic carbocycles. The molecule has 2 fully saturated rings. The van der Waals surface area contributed by atoms with Crippen molar-refractivity contribution in [3.05, 3.63) is 0 Å². The molecule has 0 atom stereocenters. The summed E-state index contributed by atoms with van der Waals surface area (Å²) in [7, 11) is -8.45. The topological polar surface area (TPSA) is 159 Å². The van der Waals surface area contributed by atoms with Crippen molar-refractivity contribution < 1.29 is 39.8 Å². The first-order valence-corrected chi connectivity index (χ1v) is 10.2. The van der Waals surface area contributed by atoms with Gasteiger partial charge in [0.1, 0.15) is 0 Å². The highest BCUT2D eigenvalue weighted by molar-refractivity contribution is 7.81. The molecule has 0 aromatic heterocycles. The lowest BCUT2D eigenvalue weighted by atomic mass is 9.98. The highest BCUT2D eigenvalue weighted by Crippen LogP contribution is 2.21. The van der Waals surface area contributed by atoms with Gasteiger partial charge in [-0.15, -0.1) is 0 Å². The normalized spacial score (nSPS) is 21.0. The van der Waals surface area contributed by atoms with Crippen LogP contribution in [-0.4, -0.2) is 43.6 Å². The van der Waals surface area contributed by atoms with Gasteiger partial charge in [-0.25, -0.2) is 8.37 Å². The van der Waals surface area contributed by atoms with Gasteiger partial charge >= 0.3 is 20.8 Å². The Balaban J connectivity index is 0.000000403. The van der Waals surface area contributed by atoms with Gasteiger partial charge in [0.25, 0.3) is 0 Å². The van der Waals surface area contributed by atoms with Crippen molar-refractivity contribution in [3.63, 3.8) is 0 Å². The molecule has 4 N–H and O–H groups in total. The van der Waals surface area contributed by atoms with Crippen LogP contribution in [-0.2, 0) is 29.2 Å². The average Bonchev–Trinajstić information content (AvgIpc) is 2.38. The Morgan fingerprint density at radius 3 is 1.09 bits per heavy atom. The van der Waals surface area contributed by atoms with E-state index >= 15 is 0 Å². The molecule has 2 aliphatic rings. The quantitative estimate of drug-likeness (QED) is 0.695. The molecular weight excluding hydrogens is 352 g/mol. The highest BCUT2D eigenvalue weighted by Gasteiger charge is 2.20. The lowest BCUT2D eigenvalue weighted by molar-refractivity contribution is 0.141. The van der Waals surface area contributed by atoms with Gasteiger partial charge in [-0.05, 0) is 25.7 Å². The van der Waals surface area contributed by atoms with Gasteiger partial charge in [0.15, 0.2) is 0 Å². The predicted molar refractivity (Wildman–Crippen MR) is 82.6 cm³/mol. The third kappa shape index (κ3) is 12.8. The molecule has 0 radical (unpaired) electrons. The van der Waals surface area contributed by atoms with Crippen LogP contribution in [0.3, 0.4) is 0 Å². The van der Waals surface area contributed by atoms with Crippen molar-refractivity contribution in [1.29, 1.82) is 0 Å². The van der Waals surface area contributed by atoms with Crippen LogP contribution in [0.2, 0.25) is 0 Å². The first kappa shape index (κ1) is 22.7. The minimum atomic E-state index is -4.22. The fraction of sp³-hybridized carbons (Fsp3) is 1.00. The molecule has 0 amide bonds.